The van der Waals surface area contributed by atoms with Crippen molar-refractivity contribution in [3.63, 3.8) is 0 Å². The summed E-state index contributed by atoms with van der Waals surface area (Å²) in [6.45, 7) is 4.16. The highest BCUT2D eigenvalue weighted by Gasteiger charge is 2.35. The molecule has 1 atom stereocenters. The third kappa shape index (κ3) is 4.68. The molecule has 0 aliphatic carbocycles. The predicted octanol–water partition coefficient (Wildman–Crippen LogP) is 6.54. The number of aromatic nitrogens is 2. The molecule has 0 saturated heterocycles. The number of hydrogen-bond donors (Lipinski definition) is 1. The van der Waals surface area contributed by atoms with Crippen LogP contribution in [0.25, 0.3) is 17.0 Å². The van der Waals surface area contributed by atoms with Crippen LogP contribution in [0.4, 0.5) is 9.18 Å². The quantitative estimate of drug-likeness (QED) is 0.346. The zero-order valence-corrected chi connectivity index (χ0v) is 19.9. The number of carbonyl (C=O) groups is 1. The molecule has 5 rings (SSSR count). The molecule has 2 heterocycles. The van der Waals surface area contributed by atoms with E-state index in [1.807, 2.05) is 50.2 Å². The fraction of sp³-hybridized carbons (Fsp3) is 0.148. The van der Waals surface area contributed by atoms with Gasteiger partial charge in [-0.05, 0) is 55.3 Å². The fourth-order valence-electron chi connectivity index (χ4n) is 4.16. The molecule has 0 spiro atoms. The van der Waals surface area contributed by atoms with E-state index in [9.17, 15) is 9.18 Å². The van der Waals surface area contributed by atoms with E-state index in [0.29, 0.717) is 34.2 Å². The Labute approximate surface area is 207 Å². The summed E-state index contributed by atoms with van der Waals surface area (Å²) in [6, 6.07) is 20.3. The Morgan fingerprint density at radius 3 is 2.51 bits per heavy atom. The van der Waals surface area contributed by atoms with Gasteiger partial charge in [0.2, 0.25) is 5.82 Å². The highest BCUT2D eigenvalue weighted by molar-refractivity contribution is 6.30. The third-order valence-electron chi connectivity index (χ3n) is 5.99. The first-order valence-corrected chi connectivity index (χ1v) is 11.5. The van der Waals surface area contributed by atoms with Gasteiger partial charge in [0.15, 0.2) is 0 Å². The lowest BCUT2D eigenvalue weighted by Gasteiger charge is -2.35. The van der Waals surface area contributed by atoms with Crippen LogP contribution < -0.4 is 5.32 Å². The molecule has 1 aliphatic rings. The van der Waals surface area contributed by atoms with Gasteiger partial charge in [0.25, 0.3) is 5.89 Å². The van der Waals surface area contributed by atoms with Crippen LogP contribution in [0, 0.1) is 12.7 Å². The normalized spacial score (nSPS) is 15.9. The van der Waals surface area contributed by atoms with Crippen LogP contribution in [0.2, 0.25) is 5.02 Å². The molecule has 1 aliphatic heterocycles. The van der Waals surface area contributed by atoms with Gasteiger partial charge in [-0.15, -0.1) is 0 Å². The number of halogens is 2. The molecular formula is C27H22ClFN4O2. The van der Waals surface area contributed by atoms with Gasteiger partial charge in [0.05, 0.1) is 18.2 Å². The minimum Gasteiger partial charge on any atom is -0.334 e. The minimum atomic E-state index is -0.588. The molecule has 35 heavy (non-hydrogen) atoms. The molecule has 3 aromatic carbocycles. The van der Waals surface area contributed by atoms with Crippen molar-refractivity contribution in [2.24, 2.45) is 0 Å². The highest BCUT2D eigenvalue weighted by Crippen LogP contribution is 2.38. The second kappa shape index (κ2) is 9.35. The van der Waals surface area contributed by atoms with E-state index in [2.05, 4.69) is 15.5 Å². The molecular weight excluding hydrogens is 467 g/mol. The van der Waals surface area contributed by atoms with Gasteiger partial charge in [-0.25, -0.2) is 9.18 Å². The van der Waals surface area contributed by atoms with Gasteiger partial charge < -0.3 is 9.84 Å². The Kier molecular flexibility index (Phi) is 6.09. The van der Waals surface area contributed by atoms with Gasteiger partial charge in [-0.3, -0.25) is 4.90 Å². The van der Waals surface area contributed by atoms with Crippen molar-refractivity contribution in [3.8, 4) is 11.4 Å². The molecule has 2 amide bonds. The molecule has 1 unspecified atom stereocenters. The van der Waals surface area contributed by atoms with Gasteiger partial charge in [0.1, 0.15) is 5.82 Å². The lowest BCUT2D eigenvalue weighted by Crippen LogP contribution is -2.45. The van der Waals surface area contributed by atoms with E-state index in [4.69, 9.17) is 16.1 Å². The average molecular weight is 489 g/mol. The van der Waals surface area contributed by atoms with Crippen LogP contribution in [-0.2, 0) is 6.54 Å². The monoisotopic (exact) mass is 488 g/mol. The van der Waals surface area contributed by atoms with Crippen LogP contribution in [0.1, 0.15) is 35.5 Å². The Bertz CT molecular complexity index is 1410. The summed E-state index contributed by atoms with van der Waals surface area (Å²) >= 11 is 6.02. The number of hydrogen-bond acceptors (Lipinski definition) is 4. The second-order valence-corrected chi connectivity index (χ2v) is 8.87. The lowest BCUT2D eigenvalue weighted by molar-refractivity contribution is 0.203. The molecule has 0 fully saturated rings. The highest BCUT2D eigenvalue weighted by atomic mass is 35.5. The number of urea groups is 1. The second-order valence-electron chi connectivity index (χ2n) is 8.44. The molecule has 0 bridgehead atoms. The first-order valence-electron chi connectivity index (χ1n) is 11.1. The Morgan fingerprint density at radius 1 is 1.06 bits per heavy atom. The number of allylic oxidation sites excluding steroid dienone is 1. The summed E-state index contributed by atoms with van der Waals surface area (Å²) in [7, 11) is 0. The van der Waals surface area contributed by atoms with Crippen molar-refractivity contribution < 1.29 is 13.7 Å². The summed E-state index contributed by atoms with van der Waals surface area (Å²) < 4.78 is 19.3. The lowest BCUT2D eigenvalue weighted by atomic mass is 9.94. The van der Waals surface area contributed by atoms with Crippen molar-refractivity contribution in [2.75, 3.05) is 0 Å². The van der Waals surface area contributed by atoms with Crippen molar-refractivity contribution in [1.82, 2.24) is 20.4 Å². The third-order valence-corrected chi connectivity index (χ3v) is 6.24. The minimum absolute atomic E-state index is 0.283. The van der Waals surface area contributed by atoms with E-state index in [0.717, 1.165) is 16.7 Å². The molecule has 6 nitrogen and oxygen atoms in total. The van der Waals surface area contributed by atoms with Crippen molar-refractivity contribution in [1.29, 1.82) is 0 Å². The van der Waals surface area contributed by atoms with Gasteiger partial charge in [-0.1, -0.05) is 64.8 Å². The molecule has 1 N–H and O–H groups in total. The van der Waals surface area contributed by atoms with Crippen molar-refractivity contribution in [3.05, 3.63) is 112 Å². The van der Waals surface area contributed by atoms with Crippen LogP contribution in [0.15, 0.2) is 83.0 Å². The number of aryl methyl sites for hydroxylation is 1. The zero-order valence-electron chi connectivity index (χ0n) is 19.1. The number of amides is 2. The van der Waals surface area contributed by atoms with Crippen LogP contribution in [0.5, 0.6) is 0 Å². The van der Waals surface area contributed by atoms with Crippen LogP contribution >= 0.6 is 11.6 Å². The molecule has 1 aromatic heterocycles. The Morgan fingerprint density at radius 2 is 1.80 bits per heavy atom. The largest absolute Gasteiger partial charge is 0.334 e. The topological polar surface area (TPSA) is 71.3 Å². The van der Waals surface area contributed by atoms with E-state index in [-0.39, 0.29) is 17.7 Å². The zero-order chi connectivity index (χ0) is 24.5. The standard InChI is InChI=1S/C27H22ClFN4O2/c1-16-4-3-5-20(14-16)25-31-26(35-32-25)23-17(2)33(15-18-6-10-21(28)11-7-18)27(34)30-24(23)19-8-12-22(29)13-9-19/h3-14,24H,15H2,1-2H3,(H,30,34). The van der Waals surface area contributed by atoms with E-state index >= 15 is 0 Å². The van der Waals surface area contributed by atoms with Crippen LogP contribution in [-0.4, -0.2) is 21.1 Å². The summed E-state index contributed by atoms with van der Waals surface area (Å²) in [5.41, 5.74) is 4.83. The van der Waals surface area contributed by atoms with Crippen LogP contribution in [0.3, 0.4) is 0 Å². The summed E-state index contributed by atoms with van der Waals surface area (Å²) in [5, 5.41) is 7.84. The van der Waals surface area contributed by atoms with E-state index in [1.165, 1.54) is 12.1 Å². The molecule has 176 valence electrons. The number of nitrogens with one attached hydrogen (secondary N) is 1. The van der Waals surface area contributed by atoms with E-state index in [1.54, 1.807) is 29.2 Å². The Hall–Kier alpha value is -3.97. The Balaban J connectivity index is 1.59. The summed E-state index contributed by atoms with van der Waals surface area (Å²) in [4.78, 5) is 19.5. The molecule has 4 aromatic rings. The number of carbonyl (C=O) groups excluding carboxylic acids is 1. The number of rotatable bonds is 5. The SMILES string of the molecule is CC1=C(c2nc(-c3cccc(C)c3)no2)C(c2ccc(F)cc2)NC(=O)N1Cc1ccc(Cl)cc1. The van der Waals surface area contributed by atoms with Gasteiger partial charge >= 0.3 is 6.03 Å². The molecule has 0 saturated carbocycles. The van der Waals surface area contributed by atoms with Gasteiger partial charge in [0, 0.05) is 16.3 Å². The maximum atomic E-state index is 13.6. The number of benzene rings is 3. The fourth-order valence-corrected chi connectivity index (χ4v) is 4.29. The predicted molar refractivity (Wildman–Crippen MR) is 132 cm³/mol. The first-order chi connectivity index (χ1) is 16.9. The average Bonchev–Trinajstić information content (AvgIpc) is 3.33. The molecule has 0 radical (unpaired) electrons. The first kappa shape index (κ1) is 22.8. The molecule has 8 heteroatoms. The van der Waals surface area contributed by atoms with E-state index < -0.39 is 6.04 Å². The smallest absolute Gasteiger partial charge is 0.322 e. The summed E-state index contributed by atoms with van der Waals surface area (Å²) in [6.07, 6.45) is 0. The maximum absolute atomic E-state index is 13.6. The van der Waals surface area contributed by atoms with Crippen molar-refractivity contribution >= 4 is 23.2 Å². The van der Waals surface area contributed by atoms with Crippen molar-refractivity contribution in [2.45, 2.75) is 26.4 Å². The summed E-state index contributed by atoms with van der Waals surface area (Å²) in [5.74, 6) is 0.375. The maximum Gasteiger partial charge on any atom is 0.322 e. The number of nitrogens with zero attached hydrogens (tertiary/aromatic N) is 3. The van der Waals surface area contributed by atoms with Gasteiger partial charge in [-0.2, -0.15) is 4.98 Å².